The molecular formula is C18H20F2N3O4+. The van der Waals surface area contributed by atoms with Crippen LogP contribution >= 0.6 is 0 Å². The molecule has 2 atom stereocenters. The highest BCUT2D eigenvalue weighted by molar-refractivity contribution is 5.95. The molecule has 7 nitrogen and oxygen atoms in total. The van der Waals surface area contributed by atoms with Crippen LogP contribution in [0.3, 0.4) is 0 Å². The average molecular weight is 380 g/mol. The lowest BCUT2D eigenvalue weighted by atomic mass is 10.1. The van der Waals surface area contributed by atoms with Crippen LogP contribution in [0.4, 0.5) is 20.2 Å². The van der Waals surface area contributed by atoms with E-state index in [1.807, 2.05) is 0 Å². The molecule has 2 rings (SSSR count). The number of quaternary nitrogens is 1. The molecule has 144 valence electrons. The summed E-state index contributed by atoms with van der Waals surface area (Å²) in [5.74, 6) is -1.58. The van der Waals surface area contributed by atoms with Gasteiger partial charge < -0.3 is 15.4 Å². The van der Waals surface area contributed by atoms with Gasteiger partial charge in [0.15, 0.2) is 6.04 Å². The zero-order chi connectivity index (χ0) is 20.1. The number of amides is 1. The van der Waals surface area contributed by atoms with Crippen molar-refractivity contribution in [2.75, 3.05) is 12.4 Å². The largest absolute Gasteiger partial charge is 0.494 e. The van der Waals surface area contributed by atoms with Gasteiger partial charge in [-0.15, -0.1) is 0 Å². The number of carbonyl (C=O) groups is 1. The van der Waals surface area contributed by atoms with Gasteiger partial charge in [0.25, 0.3) is 11.6 Å². The third-order valence-electron chi connectivity index (χ3n) is 4.10. The lowest BCUT2D eigenvalue weighted by Crippen LogP contribution is -2.91. The van der Waals surface area contributed by atoms with E-state index in [1.165, 1.54) is 31.4 Å². The molecule has 0 spiro atoms. The topological polar surface area (TPSA) is 98.1 Å². The van der Waals surface area contributed by atoms with Crippen LogP contribution in [0.2, 0.25) is 0 Å². The highest BCUT2D eigenvalue weighted by Crippen LogP contribution is 2.29. The number of hydrogen-bond acceptors (Lipinski definition) is 4. The van der Waals surface area contributed by atoms with Gasteiger partial charge in [0.05, 0.1) is 23.8 Å². The zero-order valence-electron chi connectivity index (χ0n) is 15.0. The smallest absolute Gasteiger partial charge is 0.282 e. The van der Waals surface area contributed by atoms with Crippen LogP contribution in [0.5, 0.6) is 5.75 Å². The summed E-state index contributed by atoms with van der Waals surface area (Å²) in [6.45, 7) is 3.33. The van der Waals surface area contributed by atoms with Crippen LogP contribution in [0.1, 0.15) is 25.5 Å². The Morgan fingerprint density at radius 2 is 1.93 bits per heavy atom. The predicted molar refractivity (Wildman–Crippen MR) is 94.4 cm³/mol. The number of non-ortho nitro benzene ring substituents is 1. The number of halogens is 2. The van der Waals surface area contributed by atoms with Gasteiger partial charge in [-0.3, -0.25) is 14.9 Å². The Morgan fingerprint density at radius 1 is 1.22 bits per heavy atom. The molecule has 0 unspecified atom stereocenters. The van der Waals surface area contributed by atoms with Crippen molar-refractivity contribution in [1.82, 2.24) is 0 Å². The molecular weight excluding hydrogens is 360 g/mol. The van der Waals surface area contributed by atoms with Crippen LogP contribution < -0.4 is 15.4 Å². The number of nitrogens with two attached hydrogens (primary N) is 1. The second-order valence-electron chi connectivity index (χ2n) is 6.07. The summed E-state index contributed by atoms with van der Waals surface area (Å²) in [6, 6.07) is 6.11. The van der Waals surface area contributed by atoms with Crippen LogP contribution in [-0.4, -0.2) is 24.0 Å². The molecule has 0 aliphatic rings. The molecule has 0 radical (unpaired) electrons. The molecule has 0 heterocycles. The Bertz CT molecular complexity index is 860. The third-order valence-corrected chi connectivity index (χ3v) is 4.10. The average Bonchev–Trinajstić information content (AvgIpc) is 2.61. The summed E-state index contributed by atoms with van der Waals surface area (Å²) in [5.41, 5.74) is 0.405. The molecule has 0 saturated carbocycles. The lowest BCUT2D eigenvalue weighted by Gasteiger charge is -2.18. The van der Waals surface area contributed by atoms with Crippen molar-refractivity contribution in [3.63, 3.8) is 0 Å². The van der Waals surface area contributed by atoms with Gasteiger partial charge in [-0.25, -0.2) is 8.78 Å². The van der Waals surface area contributed by atoms with E-state index in [0.29, 0.717) is 0 Å². The molecule has 2 aromatic carbocycles. The minimum atomic E-state index is -0.677. The zero-order valence-corrected chi connectivity index (χ0v) is 15.0. The first-order valence-corrected chi connectivity index (χ1v) is 8.16. The van der Waals surface area contributed by atoms with Crippen LogP contribution in [-0.2, 0) is 4.79 Å². The summed E-state index contributed by atoms with van der Waals surface area (Å²) >= 11 is 0. The van der Waals surface area contributed by atoms with Gasteiger partial charge in [0, 0.05) is 17.7 Å². The van der Waals surface area contributed by atoms with Crippen molar-refractivity contribution >= 4 is 17.3 Å². The van der Waals surface area contributed by atoms with Crippen molar-refractivity contribution in [2.45, 2.75) is 25.9 Å². The Labute approximate surface area is 154 Å². The Hall–Kier alpha value is -3.07. The van der Waals surface area contributed by atoms with Crippen molar-refractivity contribution in [3.05, 3.63) is 63.7 Å². The number of hydrogen-bond donors (Lipinski definition) is 2. The van der Waals surface area contributed by atoms with Gasteiger partial charge in [-0.05, 0) is 32.0 Å². The first kappa shape index (κ1) is 20.2. The molecule has 2 aromatic rings. The van der Waals surface area contributed by atoms with Crippen molar-refractivity contribution in [3.8, 4) is 5.75 Å². The van der Waals surface area contributed by atoms with E-state index < -0.39 is 34.5 Å². The quantitative estimate of drug-likeness (QED) is 0.570. The second kappa shape index (κ2) is 8.54. The van der Waals surface area contributed by atoms with E-state index in [9.17, 15) is 23.7 Å². The summed E-state index contributed by atoms with van der Waals surface area (Å²) in [5, 5.41) is 15.1. The van der Waals surface area contributed by atoms with Crippen LogP contribution in [0, 0.1) is 21.7 Å². The second-order valence-corrected chi connectivity index (χ2v) is 6.07. The standard InChI is InChI=1S/C18H19F2N3O4/c1-10(14-6-4-12(19)8-15(14)20)21-11(2)18(24)22-16-7-5-13(23(25)26)9-17(16)27-3/h4-11,21H,1-3H3,(H,22,24)/p+1/t10-,11+/m1/s1. The van der Waals surface area contributed by atoms with Crippen LogP contribution in [0.25, 0.3) is 0 Å². The van der Waals surface area contributed by atoms with Gasteiger partial charge >= 0.3 is 0 Å². The molecule has 0 saturated heterocycles. The fourth-order valence-corrected chi connectivity index (χ4v) is 2.64. The molecule has 0 aliphatic heterocycles. The number of nitro benzene ring substituents is 1. The lowest BCUT2D eigenvalue weighted by molar-refractivity contribution is -0.710. The fraction of sp³-hybridized carbons (Fsp3) is 0.278. The highest BCUT2D eigenvalue weighted by atomic mass is 19.1. The number of benzene rings is 2. The highest BCUT2D eigenvalue weighted by Gasteiger charge is 2.23. The van der Waals surface area contributed by atoms with Gasteiger partial charge in [-0.1, -0.05) is 0 Å². The number of anilines is 1. The van der Waals surface area contributed by atoms with E-state index in [2.05, 4.69) is 5.32 Å². The number of nitrogens with one attached hydrogen (secondary N) is 1. The molecule has 3 N–H and O–H groups in total. The van der Waals surface area contributed by atoms with Crippen molar-refractivity contribution in [2.24, 2.45) is 0 Å². The normalized spacial score (nSPS) is 12.9. The molecule has 27 heavy (non-hydrogen) atoms. The Kier molecular flexibility index (Phi) is 6.40. The molecule has 1 amide bonds. The molecule has 0 bridgehead atoms. The minimum absolute atomic E-state index is 0.155. The Morgan fingerprint density at radius 3 is 2.52 bits per heavy atom. The van der Waals surface area contributed by atoms with E-state index in [1.54, 1.807) is 19.2 Å². The molecule has 9 heteroatoms. The van der Waals surface area contributed by atoms with Crippen molar-refractivity contribution < 1.29 is 28.6 Å². The van der Waals surface area contributed by atoms with E-state index in [0.717, 1.165) is 12.1 Å². The Balaban J connectivity index is 2.08. The predicted octanol–water partition coefficient (Wildman–Crippen LogP) is 2.53. The number of nitrogens with zero attached hydrogens (tertiary/aromatic N) is 1. The number of nitro groups is 1. The molecule has 0 fully saturated rings. The third kappa shape index (κ3) is 4.98. The first-order valence-electron chi connectivity index (χ1n) is 8.16. The SMILES string of the molecule is COc1cc([N+](=O)[O-])ccc1NC(=O)[C@H](C)[NH2+][C@H](C)c1ccc(F)cc1F. The van der Waals surface area contributed by atoms with Crippen LogP contribution in [0.15, 0.2) is 36.4 Å². The fourth-order valence-electron chi connectivity index (χ4n) is 2.64. The first-order chi connectivity index (χ1) is 12.7. The maximum absolute atomic E-state index is 13.9. The molecule has 0 aliphatic carbocycles. The maximum Gasteiger partial charge on any atom is 0.282 e. The maximum atomic E-state index is 13.9. The number of carbonyl (C=O) groups excluding carboxylic acids is 1. The summed E-state index contributed by atoms with van der Waals surface area (Å²) in [4.78, 5) is 22.7. The van der Waals surface area contributed by atoms with E-state index >= 15 is 0 Å². The van der Waals surface area contributed by atoms with E-state index in [-0.39, 0.29) is 22.7 Å². The number of methoxy groups -OCH3 is 1. The summed E-state index contributed by atoms with van der Waals surface area (Å²) in [6.07, 6.45) is 0. The van der Waals surface area contributed by atoms with Gasteiger partial charge in [-0.2, -0.15) is 0 Å². The molecule has 0 aromatic heterocycles. The summed E-state index contributed by atoms with van der Waals surface area (Å²) in [7, 11) is 1.34. The van der Waals surface area contributed by atoms with Crippen molar-refractivity contribution in [1.29, 1.82) is 0 Å². The van der Waals surface area contributed by atoms with Gasteiger partial charge in [0.2, 0.25) is 0 Å². The minimum Gasteiger partial charge on any atom is -0.494 e. The number of ether oxygens (including phenoxy) is 1. The monoisotopic (exact) mass is 380 g/mol. The van der Waals surface area contributed by atoms with E-state index in [4.69, 9.17) is 4.74 Å². The summed E-state index contributed by atoms with van der Waals surface area (Å²) < 4.78 is 32.0. The van der Waals surface area contributed by atoms with Gasteiger partial charge in [0.1, 0.15) is 23.4 Å². The number of rotatable bonds is 7.